The second kappa shape index (κ2) is 8.68. The average Bonchev–Trinajstić information content (AvgIpc) is 2.70. The lowest BCUT2D eigenvalue weighted by Gasteiger charge is -2.28. The Morgan fingerprint density at radius 3 is 2.44 bits per heavy atom. The Labute approximate surface area is 159 Å². The Morgan fingerprint density at radius 1 is 1.07 bits per heavy atom. The first kappa shape index (κ1) is 18.9. The summed E-state index contributed by atoms with van der Waals surface area (Å²) in [5.41, 5.74) is 3.25. The van der Waals surface area contributed by atoms with Crippen LogP contribution < -0.4 is 5.32 Å². The first-order valence-corrected chi connectivity index (χ1v) is 9.08. The van der Waals surface area contributed by atoms with Gasteiger partial charge in [-0.2, -0.15) is 0 Å². The first-order valence-electron chi connectivity index (χ1n) is 9.08. The van der Waals surface area contributed by atoms with E-state index < -0.39 is 0 Å². The SMILES string of the molecule is Cc1ccc(CN(C)C(=O)Nc2ccccc2C(=O)N2CCOCC2)cc1. The molecule has 1 N–H and O–H groups in total. The molecule has 6 heteroatoms. The normalized spacial score (nSPS) is 13.9. The fraction of sp³-hybridized carbons (Fsp3) is 0.333. The van der Waals surface area contributed by atoms with Gasteiger partial charge in [-0.3, -0.25) is 4.79 Å². The van der Waals surface area contributed by atoms with Gasteiger partial charge in [0.15, 0.2) is 0 Å². The Kier molecular flexibility index (Phi) is 6.08. The minimum absolute atomic E-state index is 0.0876. The van der Waals surface area contributed by atoms with Gasteiger partial charge in [-0.1, -0.05) is 42.0 Å². The standard InChI is InChI=1S/C21H25N3O3/c1-16-7-9-17(10-8-16)15-23(2)21(26)22-19-6-4-3-5-18(19)20(25)24-11-13-27-14-12-24/h3-10H,11-15H2,1-2H3,(H,22,26). The molecule has 1 aliphatic rings. The lowest BCUT2D eigenvalue weighted by Crippen LogP contribution is -2.41. The number of rotatable bonds is 4. The van der Waals surface area contributed by atoms with Crippen molar-refractivity contribution in [2.45, 2.75) is 13.5 Å². The maximum atomic E-state index is 12.8. The van der Waals surface area contributed by atoms with E-state index in [-0.39, 0.29) is 11.9 Å². The molecule has 1 fully saturated rings. The Balaban J connectivity index is 1.68. The van der Waals surface area contributed by atoms with Crippen molar-refractivity contribution in [3.05, 3.63) is 65.2 Å². The topological polar surface area (TPSA) is 61.9 Å². The van der Waals surface area contributed by atoms with Crippen LogP contribution in [0.4, 0.5) is 10.5 Å². The molecule has 27 heavy (non-hydrogen) atoms. The van der Waals surface area contributed by atoms with Crippen LogP contribution in [0.5, 0.6) is 0 Å². The van der Waals surface area contributed by atoms with Crippen molar-refractivity contribution >= 4 is 17.6 Å². The summed E-state index contributed by atoms with van der Waals surface area (Å²) >= 11 is 0. The van der Waals surface area contributed by atoms with Gasteiger partial charge in [0.05, 0.1) is 24.5 Å². The fourth-order valence-electron chi connectivity index (χ4n) is 2.97. The van der Waals surface area contributed by atoms with Crippen molar-refractivity contribution in [1.82, 2.24) is 9.80 Å². The van der Waals surface area contributed by atoms with Crippen molar-refractivity contribution in [1.29, 1.82) is 0 Å². The van der Waals surface area contributed by atoms with Crippen LogP contribution in [-0.2, 0) is 11.3 Å². The van der Waals surface area contributed by atoms with Crippen molar-refractivity contribution in [2.75, 3.05) is 38.7 Å². The third-order valence-electron chi connectivity index (χ3n) is 4.58. The summed E-state index contributed by atoms with van der Waals surface area (Å²) in [6.07, 6.45) is 0. The molecule has 0 unspecified atom stereocenters. The Morgan fingerprint density at radius 2 is 1.74 bits per heavy atom. The largest absolute Gasteiger partial charge is 0.378 e. The van der Waals surface area contributed by atoms with Crippen LogP contribution >= 0.6 is 0 Å². The smallest absolute Gasteiger partial charge is 0.321 e. The molecule has 2 aromatic carbocycles. The maximum Gasteiger partial charge on any atom is 0.321 e. The number of amides is 3. The van der Waals surface area contributed by atoms with Crippen LogP contribution in [0.3, 0.4) is 0 Å². The Hall–Kier alpha value is -2.86. The number of ether oxygens (including phenoxy) is 1. The minimum Gasteiger partial charge on any atom is -0.378 e. The highest BCUT2D eigenvalue weighted by Gasteiger charge is 2.22. The van der Waals surface area contributed by atoms with E-state index in [9.17, 15) is 9.59 Å². The maximum absolute atomic E-state index is 12.8. The van der Waals surface area contributed by atoms with Gasteiger partial charge >= 0.3 is 6.03 Å². The van der Waals surface area contributed by atoms with Gasteiger partial charge < -0.3 is 19.9 Å². The molecule has 0 aromatic heterocycles. The van der Waals surface area contributed by atoms with Crippen LogP contribution in [0.15, 0.2) is 48.5 Å². The lowest BCUT2D eigenvalue weighted by molar-refractivity contribution is 0.0303. The molecule has 1 saturated heterocycles. The molecule has 1 aliphatic heterocycles. The van der Waals surface area contributed by atoms with E-state index in [1.165, 1.54) is 5.56 Å². The average molecular weight is 367 g/mol. The highest BCUT2D eigenvalue weighted by atomic mass is 16.5. The predicted octanol–water partition coefficient (Wildman–Crippen LogP) is 3.13. The van der Waals surface area contributed by atoms with Crippen LogP contribution in [0, 0.1) is 6.92 Å². The number of carbonyl (C=O) groups excluding carboxylic acids is 2. The van der Waals surface area contributed by atoms with Crippen LogP contribution in [0.25, 0.3) is 0 Å². The summed E-state index contributed by atoms with van der Waals surface area (Å²) in [6, 6.07) is 14.9. The van der Waals surface area contributed by atoms with Crippen molar-refractivity contribution in [3.63, 3.8) is 0 Å². The van der Waals surface area contributed by atoms with Gasteiger partial charge in [0.1, 0.15) is 0 Å². The lowest BCUT2D eigenvalue weighted by atomic mass is 10.1. The first-order chi connectivity index (χ1) is 13.0. The van der Waals surface area contributed by atoms with E-state index >= 15 is 0 Å². The van der Waals surface area contributed by atoms with Crippen molar-refractivity contribution < 1.29 is 14.3 Å². The number of carbonyl (C=O) groups is 2. The zero-order valence-corrected chi connectivity index (χ0v) is 15.8. The molecule has 0 bridgehead atoms. The van der Waals surface area contributed by atoms with Gasteiger partial charge in [-0.15, -0.1) is 0 Å². The van der Waals surface area contributed by atoms with E-state index in [2.05, 4.69) is 5.32 Å². The molecule has 0 radical (unpaired) electrons. The van der Waals surface area contributed by atoms with Crippen molar-refractivity contribution in [3.8, 4) is 0 Å². The molecule has 6 nitrogen and oxygen atoms in total. The summed E-state index contributed by atoms with van der Waals surface area (Å²) in [5.74, 6) is -0.0876. The zero-order valence-electron chi connectivity index (χ0n) is 15.8. The number of aryl methyl sites for hydroxylation is 1. The van der Waals surface area contributed by atoms with E-state index in [1.807, 2.05) is 37.3 Å². The Bertz CT molecular complexity index is 799. The molecule has 0 saturated carbocycles. The van der Waals surface area contributed by atoms with Gasteiger partial charge in [0.2, 0.25) is 0 Å². The van der Waals surface area contributed by atoms with E-state index in [4.69, 9.17) is 4.74 Å². The summed E-state index contributed by atoms with van der Waals surface area (Å²) in [4.78, 5) is 28.8. The number of hydrogen-bond acceptors (Lipinski definition) is 3. The number of nitrogens with zero attached hydrogens (tertiary/aromatic N) is 2. The predicted molar refractivity (Wildman–Crippen MR) is 105 cm³/mol. The molecule has 0 aliphatic carbocycles. The second-order valence-corrected chi connectivity index (χ2v) is 6.72. The van der Waals surface area contributed by atoms with E-state index in [0.717, 1.165) is 5.56 Å². The molecule has 1 heterocycles. The highest BCUT2D eigenvalue weighted by molar-refractivity contribution is 6.03. The summed E-state index contributed by atoms with van der Waals surface area (Å²) in [6.45, 7) is 4.73. The molecule has 3 rings (SSSR count). The number of urea groups is 1. The van der Waals surface area contributed by atoms with Gasteiger partial charge in [0, 0.05) is 26.7 Å². The number of morpholine rings is 1. The quantitative estimate of drug-likeness (QED) is 0.903. The van der Waals surface area contributed by atoms with Gasteiger partial charge in [-0.25, -0.2) is 4.79 Å². The number of nitrogens with one attached hydrogen (secondary N) is 1. The minimum atomic E-state index is -0.252. The van der Waals surface area contributed by atoms with E-state index in [0.29, 0.717) is 44.1 Å². The van der Waals surface area contributed by atoms with Crippen molar-refractivity contribution in [2.24, 2.45) is 0 Å². The summed E-state index contributed by atoms with van der Waals surface area (Å²) < 4.78 is 5.31. The highest BCUT2D eigenvalue weighted by Crippen LogP contribution is 2.19. The summed E-state index contributed by atoms with van der Waals surface area (Å²) in [5, 5.41) is 2.87. The van der Waals surface area contributed by atoms with E-state index in [1.54, 1.807) is 35.0 Å². The third-order valence-corrected chi connectivity index (χ3v) is 4.58. The van der Waals surface area contributed by atoms with Crippen LogP contribution in [0.1, 0.15) is 21.5 Å². The molecule has 142 valence electrons. The molecular weight excluding hydrogens is 342 g/mol. The fourth-order valence-corrected chi connectivity index (χ4v) is 2.97. The van der Waals surface area contributed by atoms with Crippen LogP contribution in [-0.4, -0.2) is 55.1 Å². The second-order valence-electron chi connectivity index (χ2n) is 6.72. The van der Waals surface area contributed by atoms with Gasteiger partial charge in [0.25, 0.3) is 5.91 Å². The number of benzene rings is 2. The molecule has 3 amide bonds. The zero-order chi connectivity index (χ0) is 19.2. The van der Waals surface area contributed by atoms with Crippen LogP contribution in [0.2, 0.25) is 0 Å². The third kappa shape index (κ3) is 4.86. The number of hydrogen-bond donors (Lipinski definition) is 1. The number of anilines is 1. The monoisotopic (exact) mass is 367 g/mol. The summed E-state index contributed by atoms with van der Waals surface area (Å²) in [7, 11) is 1.74. The molecule has 0 atom stereocenters. The molecular formula is C21H25N3O3. The molecule has 0 spiro atoms. The molecule has 2 aromatic rings. The van der Waals surface area contributed by atoms with Gasteiger partial charge in [-0.05, 0) is 24.6 Å². The number of para-hydroxylation sites is 1.